The molecule has 1 aliphatic carbocycles. The monoisotopic (exact) mass is 480 g/mol. The van der Waals surface area contributed by atoms with Gasteiger partial charge in [-0.1, -0.05) is 67.6 Å². The summed E-state index contributed by atoms with van der Waals surface area (Å²) in [5.41, 5.74) is 4.98. The van der Waals surface area contributed by atoms with Gasteiger partial charge in [-0.25, -0.2) is 0 Å². The highest BCUT2D eigenvalue weighted by atomic mass is 32.1. The second-order valence-corrected chi connectivity index (χ2v) is 9.63. The van der Waals surface area contributed by atoms with Crippen molar-refractivity contribution in [1.82, 2.24) is 10.2 Å². The number of hydrogen-bond acceptors (Lipinski definition) is 1. The number of piperidine rings is 1. The van der Waals surface area contributed by atoms with Gasteiger partial charge in [0.15, 0.2) is 5.11 Å². The largest absolute Gasteiger partial charge is 0.416 e. The molecule has 176 valence electrons. The molecule has 2 unspecified atom stereocenters. The summed E-state index contributed by atoms with van der Waals surface area (Å²) >= 11 is 5.84. The molecule has 34 heavy (non-hydrogen) atoms. The molecule has 0 radical (unpaired) electrons. The Morgan fingerprint density at radius 1 is 1.00 bits per heavy atom. The molecule has 1 saturated heterocycles. The molecule has 0 spiro atoms. The number of benzene rings is 3. The first kappa shape index (κ1) is 22.9. The van der Waals surface area contributed by atoms with Crippen LogP contribution in [-0.4, -0.2) is 23.1 Å². The molecule has 1 aliphatic heterocycles. The molecule has 1 fully saturated rings. The number of nitrogens with one attached hydrogen (secondary N) is 1. The zero-order valence-corrected chi connectivity index (χ0v) is 19.8. The van der Waals surface area contributed by atoms with Crippen LogP contribution >= 0.6 is 12.2 Å². The summed E-state index contributed by atoms with van der Waals surface area (Å²) in [4.78, 5) is 2.29. The Morgan fingerprint density at radius 3 is 2.44 bits per heavy atom. The van der Waals surface area contributed by atoms with E-state index >= 15 is 0 Å². The third-order valence-electron chi connectivity index (χ3n) is 7.30. The lowest BCUT2D eigenvalue weighted by molar-refractivity contribution is -0.137. The first-order chi connectivity index (χ1) is 16.3. The van der Waals surface area contributed by atoms with Crippen molar-refractivity contribution in [2.45, 2.75) is 37.9 Å². The summed E-state index contributed by atoms with van der Waals surface area (Å²) in [6.07, 6.45) is -2.43. The minimum atomic E-state index is -4.34. The normalized spacial score (nSPS) is 21.3. The maximum absolute atomic E-state index is 13.1. The Hall–Kier alpha value is -2.86. The Morgan fingerprint density at radius 2 is 1.74 bits per heavy atom. The van der Waals surface area contributed by atoms with Crippen LogP contribution in [-0.2, 0) is 12.6 Å². The fourth-order valence-electron chi connectivity index (χ4n) is 5.66. The lowest BCUT2D eigenvalue weighted by Crippen LogP contribution is -2.46. The summed E-state index contributed by atoms with van der Waals surface area (Å²) in [6, 6.07) is 22.2. The van der Waals surface area contributed by atoms with Gasteiger partial charge in [0.1, 0.15) is 0 Å². The lowest BCUT2D eigenvalue weighted by Gasteiger charge is -2.40. The van der Waals surface area contributed by atoms with Gasteiger partial charge in [0.05, 0.1) is 11.6 Å². The third kappa shape index (κ3) is 4.20. The maximum Gasteiger partial charge on any atom is 0.416 e. The van der Waals surface area contributed by atoms with Crippen LogP contribution in [0.25, 0.3) is 11.1 Å². The fourth-order valence-corrected chi connectivity index (χ4v) is 5.96. The smallest absolute Gasteiger partial charge is 0.362 e. The molecule has 1 N–H and O–H groups in total. The number of nitrogens with zero attached hydrogens (tertiary/aromatic N) is 1. The molecule has 2 nitrogen and oxygen atoms in total. The number of thiocarbonyl (C=S) groups is 1. The van der Waals surface area contributed by atoms with Crippen LogP contribution in [0.1, 0.15) is 47.6 Å². The number of halogens is 3. The predicted molar refractivity (Wildman–Crippen MR) is 134 cm³/mol. The first-order valence-corrected chi connectivity index (χ1v) is 12.1. The summed E-state index contributed by atoms with van der Waals surface area (Å²) in [7, 11) is 0. The van der Waals surface area contributed by atoms with E-state index in [1.807, 2.05) is 30.3 Å². The van der Waals surface area contributed by atoms with Crippen molar-refractivity contribution < 1.29 is 13.2 Å². The SMILES string of the molecule is C[C@H]1C2CCN(C(=S)NCCc3ccccc3)C1c1c(-c3ccc(C(F)(F)F)cc3)cccc12. The van der Waals surface area contributed by atoms with E-state index in [0.29, 0.717) is 11.8 Å². The van der Waals surface area contributed by atoms with E-state index in [2.05, 4.69) is 35.3 Å². The molecule has 6 heteroatoms. The van der Waals surface area contributed by atoms with Crippen molar-refractivity contribution in [1.29, 1.82) is 0 Å². The Balaban J connectivity index is 1.41. The molecule has 2 bridgehead atoms. The van der Waals surface area contributed by atoms with Gasteiger partial charge in [-0.2, -0.15) is 13.2 Å². The van der Waals surface area contributed by atoms with Crippen LogP contribution in [0, 0.1) is 5.92 Å². The van der Waals surface area contributed by atoms with Crippen LogP contribution in [0.5, 0.6) is 0 Å². The summed E-state index contributed by atoms with van der Waals surface area (Å²) < 4.78 is 39.3. The van der Waals surface area contributed by atoms with Crippen LogP contribution in [0.3, 0.4) is 0 Å². The van der Waals surface area contributed by atoms with E-state index in [4.69, 9.17) is 12.2 Å². The molecule has 2 aliphatic rings. The van der Waals surface area contributed by atoms with E-state index in [-0.39, 0.29) is 6.04 Å². The van der Waals surface area contributed by atoms with Gasteiger partial charge in [0.2, 0.25) is 0 Å². The zero-order valence-electron chi connectivity index (χ0n) is 19.0. The molecule has 5 rings (SSSR count). The maximum atomic E-state index is 13.1. The molecule has 3 atom stereocenters. The molecule has 0 saturated carbocycles. The molecule has 0 aromatic heterocycles. The molecule has 0 amide bonds. The number of hydrogen-bond donors (Lipinski definition) is 1. The summed E-state index contributed by atoms with van der Waals surface area (Å²) in [6.45, 7) is 3.90. The van der Waals surface area contributed by atoms with Crippen molar-refractivity contribution in [3.63, 3.8) is 0 Å². The highest BCUT2D eigenvalue weighted by Gasteiger charge is 2.46. The average molecular weight is 481 g/mol. The Bertz CT molecular complexity index is 1170. The molecular formula is C28H27F3N2S. The van der Waals surface area contributed by atoms with Crippen LogP contribution < -0.4 is 5.32 Å². The molecular weight excluding hydrogens is 453 g/mol. The minimum absolute atomic E-state index is 0.115. The van der Waals surface area contributed by atoms with Crippen molar-refractivity contribution >= 4 is 17.3 Å². The van der Waals surface area contributed by atoms with E-state index in [9.17, 15) is 13.2 Å². The second-order valence-electron chi connectivity index (χ2n) is 9.24. The van der Waals surface area contributed by atoms with Crippen molar-refractivity contribution in [3.8, 4) is 11.1 Å². The number of fused-ring (bicyclic) bond motifs is 5. The van der Waals surface area contributed by atoms with E-state index < -0.39 is 11.7 Å². The standard InChI is InChI=1S/C28H27F3N2S/c1-18-22-15-17-33(27(34)32-16-14-19-6-3-2-4-7-19)26(18)25-23(8-5-9-24(22)25)20-10-12-21(13-11-20)28(29,30)31/h2-13,18,22,26H,14-17H2,1H3,(H,32,34)/t18-,22?,26?/m0/s1. The lowest BCUT2D eigenvalue weighted by atomic mass is 9.86. The zero-order chi connectivity index (χ0) is 23.9. The Kier molecular flexibility index (Phi) is 6.11. The van der Waals surface area contributed by atoms with Crippen molar-refractivity contribution in [2.75, 3.05) is 13.1 Å². The van der Waals surface area contributed by atoms with Gasteiger partial charge in [0.25, 0.3) is 0 Å². The highest BCUT2D eigenvalue weighted by molar-refractivity contribution is 7.80. The first-order valence-electron chi connectivity index (χ1n) is 11.7. The predicted octanol–water partition coefficient (Wildman–Crippen LogP) is 6.97. The minimum Gasteiger partial charge on any atom is -0.362 e. The van der Waals surface area contributed by atoms with E-state index in [1.54, 1.807) is 12.1 Å². The average Bonchev–Trinajstić information content (AvgIpc) is 2.99. The fraction of sp³-hybridized carbons (Fsp3) is 0.321. The second kappa shape index (κ2) is 9.06. The van der Waals surface area contributed by atoms with Gasteiger partial charge >= 0.3 is 6.18 Å². The Labute approximate surface area is 203 Å². The summed E-state index contributed by atoms with van der Waals surface area (Å²) in [5, 5.41) is 4.20. The number of likely N-dealkylation sites (tertiary alicyclic amines) is 1. The number of rotatable bonds is 4. The van der Waals surface area contributed by atoms with Crippen molar-refractivity contribution in [3.05, 3.63) is 95.1 Å². The quantitative estimate of drug-likeness (QED) is 0.406. The van der Waals surface area contributed by atoms with Crippen LogP contribution in [0.2, 0.25) is 0 Å². The van der Waals surface area contributed by atoms with Gasteiger partial charge in [-0.15, -0.1) is 0 Å². The highest BCUT2D eigenvalue weighted by Crippen LogP contribution is 2.55. The topological polar surface area (TPSA) is 15.3 Å². The van der Waals surface area contributed by atoms with Gasteiger partial charge in [-0.3, -0.25) is 0 Å². The van der Waals surface area contributed by atoms with Crippen molar-refractivity contribution in [2.24, 2.45) is 5.92 Å². The van der Waals surface area contributed by atoms with E-state index in [1.165, 1.54) is 28.8 Å². The van der Waals surface area contributed by atoms with Gasteiger partial charge in [0, 0.05) is 13.1 Å². The van der Waals surface area contributed by atoms with Crippen LogP contribution in [0.15, 0.2) is 72.8 Å². The van der Waals surface area contributed by atoms with Gasteiger partial charge in [-0.05, 0) is 76.8 Å². The molecule has 3 aromatic carbocycles. The molecule has 3 aromatic rings. The van der Waals surface area contributed by atoms with E-state index in [0.717, 1.165) is 42.2 Å². The summed E-state index contributed by atoms with van der Waals surface area (Å²) in [5.74, 6) is 0.825. The van der Waals surface area contributed by atoms with Crippen LogP contribution in [0.4, 0.5) is 13.2 Å². The third-order valence-corrected chi connectivity index (χ3v) is 7.68. The molecule has 1 heterocycles. The van der Waals surface area contributed by atoms with Gasteiger partial charge < -0.3 is 10.2 Å². The number of alkyl halides is 3.